The first kappa shape index (κ1) is 12.5. The van der Waals surface area contributed by atoms with Crippen LogP contribution in [0.15, 0.2) is 18.3 Å². The molecule has 0 atom stereocenters. The maximum atomic E-state index is 6.12. The molecule has 1 aromatic heterocycles. The Morgan fingerprint density at radius 1 is 1.32 bits per heavy atom. The SMILES string of the molecule is COc1c(C2(CN)CCCC2)ccc2[nH]cc(C)c12. The van der Waals surface area contributed by atoms with E-state index >= 15 is 0 Å². The van der Waals surface area contributed by atoms with Crippen LogP contribution in [-0.2, 0) is 5.41 Å². The molecule has 1 saturated carbocycles. The Morgan fingerprint density at radius 3 is 2.68 bits per heavy atom. The van der Waals surface area contributed by atoms with E-state index in [0.717, 1.165) is 11.3 Å². The zero-order valence-corrected chi connectivity index (χ0v) is 11.8. The number of H-pyrrole nitrogens is 1. The minimum absolute atomic E-state index is 0.114. The van der Waals surface area contributed by atoms with Gasteiger partial charge in [-0.2, -0.15) is 0 Å². The summed E-state index contributed by atoms with van der Waals surface area (Å²) in [6.45, 7) is 2.83. The fourth-order valence-corrected chi connectivity index (χ4v) is 3.62. The zero-order valence-electron chi connectivity index (χ0n) is 11.8. The van der Waals surface area contributed by atoms with E-state index in [1.54, 1.807) is 7.11 Å². The fourth-order valence-electron chi connectivity index (χ4n) is 3.62. The van der Waals surface area contributed by atoms with Crippen LogP contribution in [-0.4, -0.2) is 18.6 Å². The van der Waals surface area contributed by atoms with Crippen LogP contribution in [0.4, 0.5) is 0 Å². The first-order valence-electron chi connectivity index (χ1n) is 7.07. The highest BCUT2D eigenvalue weighted by Gasteiger charge is 2.37. The Bertz CT molecular complexity index is 594. The number of fused-ring (bicyclic) bond motifs is 1. The van der Waals surface area contributed by atoms with E-state index in [9.17, 15) is 0 Å². The molecule has 3 nitrogen and oxygen atoms in total. The molecular weight excluding hydrogens is 236 g/mol. The van der Waals surface area contributed by atoms with Crippen molar-refractivity contribution >= 4 is 10.9 Å². The van der Waals surface area contributed by atoms with Crippen molar-refractivity contribution in [3.63, 3.8) is 0 Å². The molecule has 0 bridgehead atoms. The van der Waals surface area contributed by atoms with E-state index in [0.29, 0.717) is 6.54 Å². The Labute approximate surface area is 114 Å². The molecule has 19 heavy (non-hydrogen) atoms. The van der Waals surface area contributed by atoms with Gasteiger partial charge in [0, 0.05) is 34.6 Å². The number of aryl methyl sites for hydroxylation is 1. The minimum Gasteiger partial charge on any atom is -0.496 e. The Morgan fingerprint density at radius 2 is 2.05 bits per heavy atom. The summed E-state index contributed by atoms with van der Waals surface area (Å²) in [4.78, 5) is 3.30. The average molecular weight is 258 g/mol. The van der Waals surface area contributed by atoms with Crippen LogP contribution < -0.4 is 10.5 Å². The third kappa shape index (κ3) is 1.76. The standard InChI is InChI=1S/C16H22N2O/c1-11-9-18-13-6-5-12(15(19-2)14(11)13)16(10-17)7-3-4-8-16/h5-6,9,18H,3-4,7-8,10,17H2,1-2H3. The van der Waals surface area contributed by atoms with E-state index in [-0.39, 0.29) is 5.41 Å². The molecule has 1 aromatic carbocycles. The average Bonchev–Trinajstić information content (AvgIpc) is 3.06. The number of benzene rings is 1. The van der Waals surface area contributed by atoms with Crippen molar-refractivity contribution in [3.05, 3.63) is 29.5 Å². The summed E-state index contributed by atoms with van der Waals surface area (Å²) in [6, 6.07) is 4.37. The smallest absolute Gasteiger partial charge is 0.132 e. The van der Waals surface area contributed by atoms with Gasteiger partial charge in [0.15, 0.2) is 0 Å². The maximum Gasteiger partial charge on any atom is 0.132 e. The number of aromatic nitrogens is 1. The highest BCUT2D eigenvalue weighted by molar-refractivity contribution is 5.90. The number of hydrogen-bond acceptors (Lipinski definition) is 2. The van der Waals surface area contributed by atoms with Crippen molar-refractivity contribution in [1.82, 2.24) is 4.98 Å². The molecule has 102 valence electrons. The number of nitrogens with one attached hydrogen (secondary N) is 1. The lowest BCUT2D eigenvalue weighted by atomic mass is 9.78. The van der Waals surface area contributed by atoms with Crippen LogP contribution in [0.25, 0.3) is 10.9 Å². The van der Waals surface area contributed by atoms with Crippen molar-refractivity contribution in [2.75, 3.05) is 13.7 Å². The van der Waals surface area contributed by atoms with E-state index < -0.39 is 0 Å². The van der Waals surface area contributed by atoms with E-state index in [2.05, 4.69) is 24.0 Å². The van der Waals surface area contributed by atoms with Crippen molar-refractivity contribution in [2.24, 2.45) is 5.73 Å². The van der Waals surface area contributed by atoms with Gasteiger partial charge in [-0.25, -0.2) is 0 Å². The topological polar surface area (TPSA) is 51.0 Å². The number of aromatic amines is 1. The lowest BCUT2D eigenvalue weighted by Gasteiger charge is -2.30. The van der Waals surface area contributed by atoms with Gasteiger partial charge in [0.2, 0.25) is 0 Å². The highest BCUT2D eigenvalue weighted by atomic mass is 16.5. The second-order valence-electron chi connectivity index (χ2n) is 5.73. The first-order chi connectivity index (χ1) is 9.22. The zero-order chi connectivity index (χ0) is 13.5. The molecule has 1 aliphatic carbocycles. The van der Waals surface area contributed by atoms with Gasteiger partial charge < -0.3 is 15.5 Å². The summed E-state index contributed by atoms with van der Waals surface area (Å²) in [6.07, 6.45) is 6.93. The number of methoxy groups -OCH3 is 1. The number of nitrogens with two attached hydrogens (primary N) is 1. The minimum atomic E-state index is 0.114. The summed E-state index contributed by atoms with van der Waals surface area (Å²) >= 11 is 0. The molecule has 0 spiro atoms. The Kier molecular flexibility index (Phi) is 3.02. The number of rotatable bonds is 3. The van der Waals surface area contributed by atoms with Gasteiger partial charge in [0.1, 0.15) is 5.75 Å². The van der Waals surface area contributed by atoms with E-state index in [4.69, 9.17) is 10.5 Å². The van der Waals surface area contributed by atoms with E-state index in [1.165, 1.54) is 42.2 Å². The molecular formula is C16H22N2O. The van der Waals surface area contributed by atoms with Crippen molar-refractivity contribution in [1.29, 1.82) is 0 Å². The highest BCUT2D eigenvalue weighted by Crippen LogP contribution is 2.46. The van der Waals surface area contributed by atoms with Gasteiger partial charge in [-0.15, -0.1) is 0 Å². The van der Waals surface area contributed by atoms with Crippen LogP contribution in [0.1, 0.15) is 36.8 Å². The molecule has 0 radical (unpaired) electrons. The van der Waals surface area contributed by atoms with Crippen LogP contribution >= 0.6 is 0 Å². The largest absolute Gasteiger partial charge is 0.496 e. The summed E-state index contributed by atoms with van der Waals surface area (Å²) in [5.74, 6) is 1.02. The number of ether oxygens (including phenoxy) is 1. The molecule has 3 N–H and O–H groups in total. The molecule has 3 rings (SSSR count). The quantitative estimate of drug-likeness (QED) is 0.888. The molecule has 0 unspecified atom stereocenters. The van der Waals surface area contributed by atoms with Gasteiger partial charge in [-0.3, -0.25) is 0 Å². The van der Waals surface area contributed by atoms with Gasteiger partial charge in [0.25, 0.3) is 0 Å². The fraction of sp³-hybridized carbons (Fsp3) is 0.500. The Hall–Kier alpha value is -1.48. The number of hydrogen-bond donors (Lipinski definition) is 2. The molecule has 1 aliphatic rings. The molecule has 0 aliphatic heterocycles. The van der Waals surface area contributed by atoms with Crippen molar-refractivity contribution in [2.45, 2.75) is 38.0 Å². The summed E-state index contributed by atoms with van der Waals surface area (Å²) < 4.78 is 5.76. The van der Waals surface area contributed by atoms with Crippen LogP contribution in [0.5, 0.6) is 5.75 Å². The van der Waals surface area contributed by atoms with Crippen molar-refractivity contribution < 1.29 is 4.74 Å². The molecule has 1 heterocycles. The third-order valence-corrected chi connectivity index (χ3v) is 4.72. The second kappa shape index (κ2) is 4.57. The normalized spacial score (nSPS) is 18.1. The molecule has 2 aromatic rings. The van der Waals surface area contributed by atoms with Gasteiger partial charge in [-0.05, 0) is 31.4 Å². The summed E-state index contributed by atoms with van der Waals surface area (Å²) in [7, 11) is 1.77. The predicted molar refractivity (Wildman–Crippen MR) is 78.8 cm³/mol. The summed E-state index contributed by atoms with van der Waals surface area (Å²) in [5.41, 5.74) is 9.91. The summed E-state index contributed by atoms with van der Waals surface area (Å²) in [5, 5.41) is 1.21. The lowest BCUT2D eigenvalue weighted by Crippen LogP contribution is -2.32. The van der Waals surface area contributed by atoms with Gasteiger partial charge >= 0.3 is 0 Å². The molecule has 0 amide bonds. The Balaban J connectivity index is 2.25. The molecule has 1 fully saturated rings. The van der Waals surface area contributed by atoms with Gasteiger partial charge in [-0.1, -0.05) is 18.9 Å². The monoisotopic (exact) mass is 258 g/mol. The van der Waals surface area contributed by atoms with Crippen molar-refractivity contribution in [3.8, 4) is 5.75 Å². The molecule has 3 heteroatoms. The van der Waals surface area contributed by atoms with E-state index in [1.807, 2.05) is 6.20 Å². The van der Waals surface area contributed by atoms with Crippen LogP contribution in [0.3, 0.4) is 0 Å². The lowest BCUT2D eigenvalue weighted by molar-refractivity contribution is 0.382. The third-order valence-electron chi connectivity index (χ3n) is 4.72. The van der Waals surface area contributed by atoms with Gasteiger partial charge in [0.05, 0.1) is 7.11 Å². The van der Waals surface area contributed by atoms with Crippen LogP contribution in [0, 0.1) is 6.92 Å². The van der Waals surface area contributed by atoms with Crippen LogP contribution in [0.2, 0.25) is 0 Å². The molecule has 0 saturated heterocycles. The predicted octanol–water partition coefficient (Wildman–Crippen LogP) is 3.26. The second-order valence-corrected chi connectivity index (χ2v) is 5.73. The first-order valence-corrected chi connectivity index (χ1v) is 7.07. The maximum absolute atomic E-state index is 6.12.